The molecule has 0 spiro atoms. The molecule has 0 bridgehead atoms. The van der Waals surface area contributed by atoms with Gasteiger partial charge in [-0.15, -0.1) is 0 Å². The largest absolute Gasteiger partial charge is 0.292 e. The fourth-order valence-corrected chi connectivity index (χ4v) is 1.99. The Hall–Kier alpha value is -2.60. The molecule has 0 aromatic heterocycles. The number of nitrogens with one attached hydrogen (secondary N) is 1. The van der Waals surface area contributed by atoms with E-state index in [9.17, 15) is 0 Å². The second-order valence-electron chi connectivity index (χ2n) is 4.38. The molecule has 0 aliphatic carbocycles. The van der Waals surface area contributed by atoms with Crippen LogP contribution in [0.15, 0.2) is 47.5 Å². The first-order valence-electron chi connectivity index (χ1n) is 6.06. The van der Waals surface area contributed by atoms with E-state index in [0.717, 1.165) is 28.1 Å². The number of anilines is 1. The predicted molar refractivity (Wildman–Crippen MR) is 78.8 cm³/mol. The summed E-state index contributed by atoms with van der Waals surface area (Å²) in [7, 11) is 0. The highest BCUT2D eigenvalue weighted by Gasteiger charge is 2.04. The van der Waals surface area contributed by atoms with Crippen LogP contribution in [0.25, 0.3) is 0 Å². The van der Waals surface area contributed by atoms with Gasteiger partial charge in [0.05, 0.1) is 11.4 Å². The molecule has 2 rings (SSSR count). The summed E-state index contributed by atoms with van der Waals surface area (Å²) in [5, 5.41) is 11.5. The number of benzene rings is 2. The number of para-hydroxylation sites is 1. The lowest BCUT2D eigenvalue weighted by Crippen LogP contribution is -1.98. The Morgan fingerprint density at radius 3 is 2.58 bits per heavy atom. The Bertz CT molecular complexity index is 637. The summed E-state index contributed by atoms with van der Waals surface area (Å²) in [5.41, 5.74) is 4.81. The minimum Gasteiger partial charge on any atom is -0.292 e. The van der Waals surface area contributed by atoms with Crippen molar-refractivity contribution in [1.82, 2.24) is 0 Å². The van der Waals surface area contributed by atoms with E-state index in [-0.39, 0.29) is 0 Å². The zero-order valence-corrected chi connectivity index (χ0v) is 11.0. The predicted octanol–water partition coefficient (Wildman–Crippen LogP) is 3.95. The molecular formula is C16H15N3. The van der Waals surface area contributed by atoms with Crippen molar-refractivity contribution < 1.29 is 0 Å². The average molecular weight is 249 g/mol. The zero-order chi connectivity index (χ0) is 13.7. The minimum atomic E-state index is 0.813. The third kappa shape index (κ3) is 3.20. The van der Waals surface area contributed by atoms with E-state index >= 15 is 0 Å². The molecule has 0 amide bonds. The van der Waals surface area contributed by atoms with Gasteiger partial charge >= 0.3 is 0 Å². The first-order valence-corrected chi connectivity index (χ1v) is 6.06. The molecule has 2 aromatic carbocycles. The molecule has 0 saturated carbocycles. The van der Waals surface area contributed by atoms with E-state index in [0.29, 0.717) is 0 Å². The normalized spacial score (nSPS) is 10.4. The lowest BCUT2D eigenvalue weighted by Gasteiger charge is -2.08. The van der Waals surface area contributed by atoms with Gasteiger partial charge in [-0.3, -0.25) is 10.3 Å². The number of rotatable bonds is 3. The number of nitriles is 1. The number of aliphatic imine (C=N–C) groups is 1. The average Bonchev–Trinajstić information content (AvgIpc) is 2.41. The van der Waals surface area contributed by atoms with Crippen molar-refractivity contribution >= 4 is 17.6 Å². The summed E-state index contributed by atoms with van der Waals surface area (Å²) in [6.07, 6.45) is 3.76. The summed E-state index contributed by atoms with van der Waals surface area (Å²) in [4.78, 5) is 4.43. The zero-order valence-electron chi connectivity index (χ0n) is 11.0. The minimum absolute atomic E-state index is 0.813. The second-order valence-corrected chi connectivity index (χ2v) is 4.38. The topological polar surface area (TPSA) is 48.2 Å². The first kappa shape index (κ1) is 12.8. The van der Waals surface area contributed by atoms with Gasteiger partial charge in [0.25, 0.3) is 0 Å². The Morgan fingerprint density at radius 1 is 1.16 bits per heavy atom. The van der Waals surface area contributed by atoms with Crippen molar-refractivity contribution in [2.24, 2.45) is 4.99 Å². The van der Waals surface area contributed by atoms with Crippen LogP contribution in [0.1, 0.15) is 16.7 Å². The van der Waals surface area contributed by atoms with Crippen LogP contribution >= 0.6 is 0 Å². The first-order chi connectivity index (χ1) is 9.20. The lowest BCUT2D eigenvalue weighted by atomic mass is 10.0. The molecule has 0 atom stereocenters. The highest BCUT2D eigenvalue weighted by molar-refractivity contribution is 5.91. The maximum absolute atomic E-state index is 8.82. The molecule has 1 N–H and O–H groups in total. The lowest BCUT2D eigenvalue weighted by molar-refractivity contribution is 1.35. The van der Waals surface area contributed by atoms with E-state index in [2.05, 4.69) is 10.3 Å². The smallest absolute Gasteiger partial charge is 0.181 e. The summed E-state index contributed by atoms with van der Waals surface area (Å²) >= 11 is 0. The summed E-state index contributed by atoms with van der Waals surface area (Å²) in [6, 6.07) is 13.8. The van der Waals surface area contributed by atoms with Gasteiger partial charge in [0, 0.05) is 11.8 Å². The summed E-state index contributed by atoms with van der Waals surface area (Å²) < 4.78 is 0. The highest BCUT2D eigenvalue weighted by Crippen LogP contribution is 2.22. The van der Waals surface area contributed by atoms with Crippen LogP contribution in [-0.4, -0.2) is 6.21 Å². The van der Waals surface area contributed by atoms with Gasteiger partial charge in [-0.2, -0.15) is 5.26 Å². The van der Waals surface area contributed by atoms with Crippen molar-refractivity contribution in [1.29, 1.82) is 5.26 Å². The Morgan fingerprint density at radius 2 is 1.89 bits per heavy atom. The summed E-state index contributed by atoms with van der Waals surface area (Å²) in [5.74, 6) is 0. The van der Waals surface area contributed by atoms with Gasteiger partial charge in [0.15, 0.2) is 6.19 Å². The van der Waals surface area contributed by atoms with Crippen molar-refractivity contribution in [2.75, 3.05) is 5.32 Å². The van der Waals surface area contributed by atoms with Crippen LogP contribution in [0, 0.1) is 25.3 Å². The van der Waals surface area contributed by atoms with Gasteiger partial charge in [-0.05, 0) is 37.6 Å². The standard InChI is InChI=1S/C16H15N3/c1-12-8-13(2)16(19-11-17)14(9-12)10-18-15-6-4-3-5-7-15/h3-10,19H,1-2H3/b18-10+. The van der Waals surface area contributed by atoms with Crippen molar-refractivity contribution in [3.05, 3.63) is 59.2 Å². The van der Waals surface area contributed by atoms with Crippen LogP contribution in [0.2, 0.25) is 0 Å². The number of hydrogen-bond donors (Lipinski definition) is 1. The van der Waals surface area contributed by atoms with Gasteiger partial charge in [-0.1, -0.05) is 29.8 Å². The van der Waals surface area contributed by atoms with E-state index in [4.69, 9.17) is 5.26 Å². The van der Waals surface area contributed by atoms with Crippen LogP contribution in [0.4, 0.5) is 11.4 Å². The molecular weight excluding hydrogens is 234 g/mol. The monoisotopic (exact) mass is 249 g/mol. The van der Waals surface area contributed by atoms with Gasteiger partial charge in [-0.25, -0.2) is 0 Å². The highest BCUT2D eigenvalue weighted by atomic mass is 14.9. The number of nitrogens with zero attached hydrogens (tertiary/aromatic N) is 2. The molecule has 19 heavy (non-hydrogen) atoms. The van der Waals surface area contributed by atoms with Gasteiger partial charge in [0.1, 0.15) is 0 Å². The Balaban J connectivity index is 2.39. The third-order valence-electron chi connectivity index (χ3n) is 2.80. The second kappa shape index (κ2) is 5.83. The maximum Gasteiger partial charge on any atom is 0.181 e. The van der Waals surface area contributed by atoms with Crippen LogP contribution in [0.3, 0.4) is 0 Å². The molecule has 3 heteroatoms. The molecule has 0 fully saturated rings. The molecule has 0 unspecified atom stereocenters. The van der Waals surface area contributed by atoms with Crippen molar-refractivity contribution in [3.63, 3.8) is 0 Å². The SMILES string of the molecule is Cc1cc(C)c(NC#N)c(/C=N/c2ccccc2)c1. The molecule has 0 heterocycles. The van der Waals surface area contributed by atoms with Crippen LogP contribution in [-0.2, 0) is 0 Å². The quantitative estimate of drug-likeness (QED) is 0.508. The molecule has 0 radical (unpaired) electrons. The van der Waals surface area contributed by atoms with Crippen LogP contribution in [0.5, 0.6) is 0 Å². The number of hydrogen-bond acceptors (Lipinski definition) is 3. The molecule has 3 nitrogen and oxygen atoms in total. The number of aryl methyl sites for hydroxylation is 2. The van der Waals surface area contributed by atoms with Crippen LogP contribution < -0.4 is 5.32 Å². The Labute approximate surface area is 113 Å². The summed E-state index contributed by atoms with van der Waals surface area (Å²) in [6.45, 7) is 4.01. The molecule has 2 aromatic rings. The van der Waals surface area contributed by atoms with Gasteiger partial charge in [0.2, 0.25) is 0 Å². The van der Waals surface area contributed by atoms with Gasteiger partial charge < -0.3 is 0 Å². The fourth-order valence-electron chi connectivity index (χ4n) is 1.99. The Kier molecular flexibility index (Phi) is 3.94. The molecule has 94 valence electrons. The fraction of sp³-hybridized carbons (Fsp3) is 0.125. The van der Waals surface area contributed by atoms with E-state index in [1.54, 1.807) is 6.21 Å². The van der Waals surface area contributed by atoms with Crippen molar-refractivity contribution in [3.8, 4) is 6.19 Å². The van der Waals surface area contributed by atoms with E-state index < -0.39 is 0 Å². The molecule has 0 aliphatic rings. The van der Waals surface area contributed by atoms with E-state index in [1.807, 2.05) is 62.5 Å². The third-order valence-corrected chi connectivity index (χ3v) is 2.80. The maximum atomic E-state index is 8.82. The van der Waals surface area contributed by atoms with Crippen molar-refractivity contribution in [2.45, 2.75) is 13.8 Å². The van der Waals surface area contributed by atoms with E-state index in [1.165, 1.54) is 0 Å². The molecule has 0 aliphatic heterocycles. The molecule has 0 saturated heterocycles.